The highest BCUT2D eigenvalue weighted by atomic mass is 16.5. The number of amides is 1. The molecule has 1 aliphatic heterocycles. The fourth-order valence-corrected chi connectivity index (χ4v) is 3.50. The number of hydrogen-bond acceptors (Lipinski definition) is 4. The first-order chi connectivity index (χ1) is 12.6. The summed E-state index contributed by atoms with van der Waals surface area (Å²) in [7, 11) is 3.95. The van der Waals surface area contributed by atoms with Crippen molar-refractivity contribution in [3.63, 3.8) is 0 Å². The summed E-state index contributed by atoms with van der Waals surface area (Å²) in [5.74, 6) is 0.00247. The number of aromatic nitrogens is 2. The molecule has 3 heterocycles. The van der Waals surface area contributed by atoms with Crippen molar-refractivity contribution in [1.82, 2.24) is 19.2 Å². The minimum absolute atomic E-state index is 0.00247. The van der Waals surface area contributed by atoms with Crippen LogP contribution in [0.4, 0.5) is 0 Å². The topological polar surface area (TPSA) is 50.1 Å². The Hall–Kier alpha value is -1.92. The van der Waals surface area contributed by atoms with Gasteiger partial charge in [-0.15, -0.1) is 0 Å². The van der Waals surface area contributed by atoms with Crippen LogP contribution in [0.2, 0.25) is 0 Å². The number of carbonyl (C=O) groups excluding carboxylic acids is 1. The SMILES string of the molecule is CCCCN(C)C(=O)c1nc2ccccn2c1CN(C)C[C@@H]1CCCO1. The zero-order valence-electron chi connectivity index (χ0n) is 16.1. The van der Waals surface area contributed by atoms with Gasteiger partial charge in [0.15, 0.2) is 5.69 Å². The Morgan fingerprint density at radius 3 is 2.96 bits per heavy atom. The summed E-state index contributed by atoms with van der Waals surface area (Å²) < 4.78 is 7.79. The van der Waals surface area contributed by atoms with Crippen LogP contribution in [0.15, 0.2) is 24.4 Å². The van der Waals surface area contributed by atoms with E-state index in [1.807, 2.05) is 35.8 Å². The van der Waals surface area contributed by atoms with E-state index < -0.39 is 0 Å². The lowest BCUT2D eigenvalue weighted by Gasteiger charge is -2.21. The van der Waals surface area contributed by atoms with Gasteiger partial charge in [0.2, 0.25) is 0 Å². The second-order valence-electron chi connectivity index (χ2n) is 7.25. The van der Waals surface area contributed by atoms with Crippen LogP contribution in [0.1, 0.15) is 48.8 Å². The maximum atomic E-state index is 13.0. The van der Waals surface area contributed by atoms with Crippen LogP contribution in [-0.2, 0) is 11.3 Å². The van der Waals surface area contributed by atoms with Crippen molar-refractivity contribution in [2.75, 3.05) is 33.8 Å². The second kappa shape index (κ2) is 8.64. The van der Waals surface area contributed by atoms with Gasteiger partial charge in [0.25, 0.3) is 5.91 Å². The molecule has 1 saturated heterocycles. The molecule has 6 nitrogen and oxygen atoms in total. The van der Waals surface area contributed by atoms with E-state index in [9.17, 15) is 4.79 Å². The van der Waals surface area contributed by atoms with Crippen LogP contribution >= 0.6 is 0 Å². The van der Waals surface area contributed by atoms with Crippen molar-refractivity contribution in [3.05, 3.63) is 35.8 Å². The van der Waals surface area contributed by atoms with E-state index in [0.29, 0.717) is 18.3 Å². The molecule has 3 rings (SSSR count). The largest absolute Gasteiger partial charge is 0.377 e. The first-order valence-electron chi connectivity index (χ1n) is 9.61. The standard InChI is InChI=1S/C20H30N4O2/c1-4-5-11-23(3)20(25)19-17(24-12-7-6-10-18(24)21-19)15-22(2)14-16-9-8-13-26-16/h6-7,10,12,16H,4-5,8-9,11,13-15H2,1-3H3/t16-/m0/s1. The Morgan fingerprint density at radius 2 is 2.23 bits per heavy atom. The molecule has 6 heteroatoms. The van der Waals surface area contributed by atoms with E-state index >= 15 is 0 Å². The Balaban J connectivity index is 1.83. The van der Waals surface area contributed by atoms with E-state index in [1.54, 1.807) is 4.90 Å². The highest BCUT2D eigenvalue weighted by Crippen LogP contribution is 2.18. The maximum Gasteiger partial charge on any atom is 0.274 e. The minimum Gasteiger partial charge on any atom is -0.377 e. The van der Waals surface area contributed by atoms with E-state index in [1.165, 1.54) is 0 Å². The number of rotatable bonds is 8. The fourth-order valence-electron chi connectivity index (χ4n) is 3.50. The smallest absolute Gasteiger partial charge is 0.274 e. The molecule has 0 saturated carbocycles. The predicted molar refractivity (Wildman–Crippen MR) is 102 cm³/mol. The van der Waals surface area contributed by atoms with Gasteiger partial charge < -0.3 is 14.0 Å². The molecule has 2 aromatic rings. The predicted octanol–water partition coefficient (Wildman–Crippen LogP) is 2.82. The van der Waals surface area contributed by atoms with E-state index in [4.69, 9.17) is 4.74 Å². The molecular formula is C20H30N4O2. The lowest BCUT2D eigenvalue weighted by molar-refractivity contribution is 0.0766. The number of nitrogens with zero attached hydrogens (tertiary/aromatic N) is 4. The summed E-state index contributed by atoms with van der Waals surface area (Å²) in [6.07, 6.45) is 6.61. The Bertz CT molecular complexity index is 736. The van der Waals surface area contributed by atoms with Crippen molar-refractivity contribution in [1.29, 1.82) is 0 Å². The average Bonchev–Trinajstić information content (AvgIpc) is 3.27. The first kappa shape index (κ1) is 18.9. The number of pyridine rings is 1. The molecule has 0 aliphatic carbocycles. The van der Waals surface area contributed by atoms with Gasteiger partial charge in [0.1, 0.15) is 5.65 Å². The molecule has 2 aromatic heterocycles. The summed E-state index contributed by atoms with van der Waals surface area (Å²) in [5.41, 5.74) is 2.34. The number of imidazole rings is 1. The summed E-state index contributed by atoms with van der Waals surface area (Å²) in [6.45, 7) is 5.30. The second-order valence-corrected chi connectivity index (χ2v) is 7.25. The van der Waals surface area contributed by atoms with Crippen molar-refractivity contribution >= 4 is 11.6 Å². The number of hydrogen-bond donors (Lipinski definition) is 0. The molecular weight excluding hydrogens is 328 g/mol. The molecule has 142 valence electrons. The normalized spacial score (nSPS) is 17.3. The number of unbranched alkanes of at least 4 members (excludes halogenated alkanes) is 1. The zero-order chi connectivity index (χ0) is 18.5. The molecule has 0 spiro atoms. The van der Waals surface area contributed by atoms with Gasteiger partial charge in [-0.05, 0) is 38.4 Å². The van der Waals surface area contributed by atoms with E-state index in [-0.39, 0.29) is 5.91 Å². The Morgan fingerprint density at radius 1 is 1.38 bits per heavy atom. The van der Waals surface area contributed by atoms with Gasteiger partial charge in [-0.25, -0.2) is 4.98 Å². The maximum absolute atomic E-state index is 13.0. The van der Waals surface area contributed by atoms with Crippen LogP contribution in [0.5, 0.6) is 0 Å². The molecule has 0 bridgehead atoms. The molecule has 1 amide bonds. The summed E-state index contributed by atoms with van der Waals surface area (Å²) in [4.78, 5) is 21.6. The van der Waals surface area contributed by atoms with Gasteiger partial charge in [0.05, 0.1) is 11.8 Å². The Kier molecular flexibility index (Phi) is 6.27. The highest BCUT2D eigenvalue weighted by Gasteiger charge is 2.24. The highest BCUT2D eigenvalue weighted by molar-refractivity contribution is 5.94. The van der Waals surface area contributed by atoms with Gasteiger partial charge in [0, 0.05) is 39.5 Å². The van der Waals surface area contributed by atoms with Crippen molar-refractivity contribution in [3.8, 4) is 0 Å². The molecule has 1 fully saturated rings. The number of ether oxygens (including phenoxy) is 1. The van der Waals surface area contributed by atoms with E-state index in [2.05, 4.69) is 23.9 Å². The van der Waals surface area contributed by atoms with Gasteiger partial charge in [-0.3, -0.25) is 9.69 Å². The molecule has 1 aliphatic rings. The molecule has 1 atom stereocenters. The average molecular weight is 358 g/mol. The number of fused-ring (bicyclic) bond motifs is 1. The van der Waals surface area contributed by atoms with Crippen LogP contribution in [0.3, 0.4) is 0 Å². The van der Waals surface area contributed by atoms with Crippen LogP contribution in [0, 0.1) is 0 Å². The van der Waals surface area contributed by atoms with Crippen LogP contribution in [0.25, 0.3) is 5.65 Å². The summed E-state index contributed by atoms with van der Waals surface area (Å²) in [5, 5.41) is 0. The third-order valence-electron chi connectivity index (χ3n) is 4.98. The third-order valence-corrected chi connectivity index (χ3v) is 4.98. The van der Waals surface area contributed by atoms with E-state index in [0.717, 1.165) is 56.7 Å². The Labute approximate surface area is 155 Å². The van der Waals surface area contributed by atoms with Gasteiger partial charge >= 0.3 is 0 Å². The lowest BCUT2D eigenvalue weighted by Crippen LogP contribution is -2.32. The monoisotopic (exact) mass is 358 g/mol. The van der Waals surface area contributed by atoms with Crippen LogP contribution < -0.4 is 0 Å². The minimum atomic E-state index is 0.00247. The van der Waals surface area contributed by atoms with Crippen molar-refractivity contribution in [2.45, 2.75) is 45.3 Å². The molecule has 26 heavy (non-hydrogen) atoms. The zero-order valence-corrected chi connectivity index (χ0v) is 16.1. The van der Waals surface area contributed by atoms with Gasteiger partial charge in [-0.2, -0.15) is 0 Å². The third kappa shape index (κ3) is 4.24. The van der Waals surface area contributed by atoms with Gasteiger partial charge in [-0.1, -0.05) is 19.4 Å². The molecule has 0 N–H and O–H groups in total. The van der Waals surface area contributed by atoms with Crippen molar-refractivity contribution < 1.29 is 9.53 Å². The molecule has 0 radical (unpaired) electrons. The summed E-state index contributed by atoms with van der Waals surface area (Å²) in [6, 6.07) is 5.89. The molecule has 0 aromatic carbocycles. The number of likely N-dealkylation sites (N-methyl/N-ethyl adjacent to an activating group) is 1. The first-order valence-corrected chi connectivity index (χ1v) is 9.61. The molecule has 0 unspecified atom stereocenters. The van der Waals surface area contributed by atoms with Crippen molar-refractivity contribution in [2.24, 2.45) is 0 Å². The lowest BCUT2D eigenvalue weighted by atomic mass is 10.2. The van der Waals surface area contributed by atoms with Crippen LogP contribution in [-0.4, -0.2) is 65.0 Å². The quantitative estimate of drug-likeness (QED) is 0.728. The summed E-state index contributed by atoms with van der Waals surface area (Å²) >= 11 is 0. The fraction of sp³-hybridized carbons (Fsp3) is 0.600. The number of carbonyl (C=O) groups is 1.